The number of thiophene rings is 1. The topological polar surface area (TPSA) is 15.3 Å². The Balaban J connectivity index is 1.93. The third-order valence-corrected chi connectivity index (χ3v) is 4.91. The molecule has 0 saturated carbocycles. The Labute approximate surface area is 143 Å². The molecule has 1 aromatic carbocycles. The Morgan fingerprint density at radius 2 is 2.05 bits per heavy atom. The minimum absolute atomic E-state index is 0.732. The molecule has 0 amide bonds. The van der Waals surface area contributed by atoms with E-state index in [4.69, 9.17) is 12.2 Å². The average molecular weight is 381 g/mol. The Kier molecular flexibility index (Phi) is 6.42. The van der Waals surface area contributed by atoms with Crippen molar-refractivity contribution in [1.29, 1.82) is 0 Å². The second kappa shape index (κ2) is 8.32. The lowest BCUT2D eigenvalue weighted by molar-refractivity contribution is 0.451. The highest BCUT2D eigenvalue weighted by Gasteiger charge is 2.10. The zero-order chi connectivity index (χ0) is 15.1. The van der Waals surface area contributed by atoms with Crippen molar-refractivity contribution in [2.75, 3.05) is 6.54 Å². The van der Waals surface area contributed by atoms with E-state index >= 15 is 0 Å². The predicted molar refractivity (Wildman–Crippen MR) is 98.5 cm³/mol. The van der Waals surface area contributed by atoms with E-state index in [0.29, 0.717) is 0 Å². The molecule has 2 nitrogen and oxygen atoms in total. The molecular formula is C16H17BrN2S2. The lowest BCUT2D eigenvalue weighted by Gasteiger charge is -2.24. The number of hydrogen-bond acceptors (Lipinski definition) is 2. The molecule has 0 aliphatic carbocycles. The predicted octanol–water partition coefficient (Wildman–Crippen LogP) is 4.57. The zero-order valence-corrected chi connectivity index (χ0v) is 14.8. The molecule has 1 heterocycles. The highest BCUT2D eigenvalue weighted by atomic mass is 79.9. The van der Waals surface area contributed by atoms with Crippen LogP contribution in [0.2, 0.25) is 0 Å². The largest absolute Gasteiger partial charge is 0.358 e. The minimum atomic E-state index is 0.732. The van der Waals surface area contributed by atoms with Gasteiger partial charge in [-0.3, -0.25) is 0 Å². The third-order valence-electron chi connectivity index (χ3n) is 2.90. The zero-order valence-electron chi connectivity index (χ0n) is 11.6. The summed E-state index contributed by atoms with van der Waals surface area (Å²) in [6.45, 7) is 6.08. The van der Waals surface area contributed by atoms with Gasteiger partial charge in [0.2, 0.25) is 0 Å². The van der Waals surface area contributed by atoms with Crippen molar-refractivity contribution in [2.24, 2.45) is 0 Å². The van der Waals surface area contributed by atoms with Crippen molar-refractivity contribution < 1.29 is 0 Å². The highest BCUT2D eigenvalue weighted by molar-refractivity contribution is 9.11. The molecule has 0 saturated heterocycles. The summed E-state index contributed by atoms with van der Waals surface area (Å²) in [6, 6.07) is 14.4. The third kappa shape index (κ3) is 5.26. The van der Waals surface area contributed by atoms with Crippen LogP contribution in [0.25, 0.3) is 0 Å². The fourth-order valence-corrected chi connectivity index (χ4v) is 3.60. The van der Waals surface area contributed by atoms with Crippen LogP contribution < -0.4 is 5.32 Å². The van der Waals surface area contributed by atoms with Crippen LogP contribution in [0.5, 0.6) is 0 Å². The summed E-state index contributed by atoms with van der Waals surface area (Å²) in [7, 11) is 0. The van der Waals surface area contributed by atoms with Crippen molar-refractivity contribution >= 4 is 44.6 Å². The second-order valence-electron chi connectivity index (χ2n) is 4.52. The van der Waals surface area contributed by atoms with Crippen molar-refractivity contribution in [1.82, 2.24) is 10.2 Å². The highest BCUT2D eigenvalue weighted by Crippen LogP contribution is 2.23. The monoisotopic (exact) mass is 380 g/mol. The van der Waals surface area contributed by atoms with E-state index < -0.39 is 0 Å². The van der Waals surface area contributed by atoms with Crippen LogP contribution in [0.4, 0.5) is 0 Å². The van der Waals surface area contributed by atoms with Crippen LogP contribution >= 0.6 is 39.5 Å². The van der Waals surface area contributed by atoms with E-state index in [9.17, 15) is 0 Å². The average Bonchev–Trinajstić information content (AvgIpc) is 2.91. The second-order valence-corrected chi connectivity index (χ2v) is 7.45. The van der Waals surface area contributed by atoms with Gasteiger partial charge < -0.3 is 10.2 Å². The van der Waals surface area contributed by atoms with Gasteiger partial charge in [0.25, 0.3) is 0 Å². The molecule has 21 heavy (non-hydrogen) atoms. The maximum absolute atomic E-state index is 5.51. The lowest BCUT2D eigenvalue weighted by Crippen LogP contribution is -2.38. The molecule has 0 bridgehead atoms. The number of nitrogens with one attached hydrogen (secondary N) is 1. The summed E-state index contributed by atoms with van der Waals surface area (Å²) in [5.41, 5.74) is 1.22. The van der Waals surface area contributed by atoms with Crippen molar-refractivity contribution in [3.05, 3.63) is 69.3 Å². The van der Waals surface area contributed by atoms with E-state index in [2.05, 4.69) is 57.0 Å². The first-order chi connectivity index (χ1) is 10.2. The van der Waals surface area contributed by atoms with Crippen LogP contribution in [0.15, 0.2) is 58.9 Å². The molecule has 0 spiro atoms. The molecule has 2 rings (SSSR count). The molecule has 1 aromatic heterocycles. The van der Waals surface area contributed by atoms with Gasteiger partial charge in [0.1, 0.15) is 0 Å². The Morgan fingerprint density at radius 1 is 1.29 bits per heavy atom. The Bertz CT molecular complexity index is 595. The summed E-state index contributed by atoms with van der Waals surface area (Å²) in [6.07, 6.45) is 1.87. The van der Waals surface area contributed by atoms with Gasteiger partial charge in [-0.2, -0.15) is 0 Å². The van der Waals surface area contributed by atoms with Crippen LogP contribution in [0.1, 0.15) is 10.4 Å². The van der Waals surface area contributed by atoms with E-state index in [1.54, 1.807) is 11.3 Å². The summed E-state index contributed by atoms with van der Waals surface area (Å²) in [5, 5.41) is 4.07. The first kappa shape index (κ1) is 16.2. The minimum Gasteiger partial charge on any atom is -0.358 e. The molecule has 0 unspecified atom stereocenters. The quantitative estimate of drug-likeness (QED) is 0.583. The van der Waals surface area contributed by atoms with Gasteiger partial charge in [-0.25, -0.2) is 0 Å². The van der Waals surface area contributed by atoms with Gasteiger partial charge in [-0.15, -0.1) is 17.9 Å². The molecule has 0 radical (unpaired) electrons. The van der Waals surface area contributed by atoms with Gasteiger partial charge in [-0.05, 0) is 45.8 Å². The van der Waals surface area contributed by atoms with Crippen LogP contribution in [0.3, 0.4) is 0 Å². The van der Waals surface area contributed by atoms with Crippen molar-refractivity contribution in [3.63, 3.8) is 0 Å². The molecule has 110 valence electrons. The fraction of sp³-hybridized carbons (Fsp3) is 0.188. The number of rotatable bonds is 6. The van der Waals surface area contributed by atoms with Gasteiger partial charge in [0.05, 0.1) is 10.3 Å². The molecule has 0 fully saturated rings. The smallest absolute Gasteiger partial charge is 0.169 e. The van der Waals surface area contributed by atoms with E-state index in [1.807, 2.05) is 24.3 Å². The van der Waals surface area contributed by atoms with E-state index in [0.717, 1.165) is 28.5 Å². The van der Waals surface area contributed by atoms with Gasteiger partial charge in [0, 0.05) is 18.0 Å². The standard InChI is InChI=1S/C16H17BrN2S2/c1-2-10-19(12-14-8-9-15(17)21-14)16(20)18-11-13-6-4-3-5-7-13/h2-9H,1,10-12H2,(H,18,20). The van der Waals surface area contributed by atoms with Crippen molar-refractivity contribution in [3.8, 4) is 0 Å². The Hall–Kier alpha value is -1.17. The van der Waals surface area contributed by atoms with Crippen LogP contribution in [0, 0.1) is 0 Å². The SMILES string of the molecule is C=CCN(Cc1ccc(Br)s1)C(=S)NCc1ccccc1. The summed E-state index contributed by atoms with van der Waals surface area (Å²) in [4.78, 5) is 3.39. The number of thiocarbonyl (C=S) groups is 1. The first-order valence-electron chi connectivity index (χ1n) is 6.61. The molecule has 0 aliphatic heterocycles. The summed E-state index contributed by atoms with van der Waals surface area (Å²) < 4.78 is 1.14. The summed E-state index contributed by atoms with van der Waals surface area (Å²) >= 11 is 10.7. The van der Waals surface area contributed by atoms with Gasteiger partial charge in [-0.1, -0.05) is 36.4 Å². The van der Waals surface area contributed by atoms with Gasteiger partial charge in [0.15, 0.2) is 5.11 Å². The molecule has 5 heteroatoms. The molecule has 2 aromatic rings. The molecular weight excluding hydrogens is 364 g/mol. The van der Waals surface area contributed by atoms with E-state index in [1.165, 1.54) is 10.4 Å². The van der Waals surface area contributed by atoms with Crippen molar-refractivity contribution in [2.45, 2.75) is 13.1 Å². The number of hydrogen-bond donors (Lipinski definition) is 1. The lowest BCUT2D eigenvalue weighted by atomic mass is 10.2. The van der Waals surface area contributed by atoms with Crippen LogP contribution in [-0.2, 0) is 13.1 Å². The Morgan fingerprint density at radius 3 is 2.67 bits per heavy atom. The van der Waals surface area contributed by atoms with Crippen LogP contribution in [-0.4, -0.2) is 16.6 Å². The maximum Gasteiger partial charge on any atom is 0.169 e. The maximum atomic E-state index is 5.51. The number of nitrogens with zero attached hydrogens (tertiary/aromatic N) is 1. The molecule has 0 aliphatic rings. The number of halogens is 1. The number of benzene rings is 1. The first-order valence-corrected chi connectivity index (χ1v) is 8.62. The molecule has 1 N–H and O–H groups in total. The van der Waals surface area contributed by atoms with E-state index in [-0.39, 0.29) is 0 Å². The normalized spacial score (nSPS) is 10.1. The van der Waals surface area contributed by atoms with Gasteiger partial charge >= 0.3 is 0 Å². The summed E-state index contributed by atoms with van der Waals surface area (Å²) in [5.74, 6) is 0. The molecule has 0 atom stereocenters. The fourth-order valence-electron chi connectivity index (χ4n) is 1.89.